The molecule has 0 amide bonds. The Morgan fingerprint density at radius 2 is 1.88 bits per heavy atom. The summed E-state index contributed by atoms with van der Waals surface area (Å²) in [4.78, 5) is 7.07. The van der Waals surface area contributed by atoms with Gasteiger partial charge < -0.3 is 14.7 Å². The molecule has 0 atom stereocenters. The number of aliphatic hydroxyl groups is 1. The number of rotatable bonds is 3. The number of morpholine rings is 1. The van der Waals surface area contributed by atoms with Crippen molar-refractivity contribution in [3.05, 3.63) is 59.9 Å². The number of pyridine rings is 1. The zero-order valence-corrected chi connectivity index (χ0v) is 13.8. The predicted octanol–water partition coefficient (Wildman–Crippen LogP) is 3.37. The summed E-state index contributed by atoms with van der Waals surface area (Å²) in [6.07, 6.45) is 0. The van der Waals surface area contributed by atoms with Crippen molar-refractivity contribution < 1.29 is 14.2 Å². The number of aliphatic hydroxyl groups excluding tert-OH is 1. The number of nitrogens with zero attached hydrogens (tertiary/aromatic N) is 2. The zero-order chi connectivity index (χ0) is 17.2. The van der Waals surface area contributed by atoms with Crippen molar-refractivity contribution in [1.29, 1.82) is 0 Å². The van der Waals surface area contributed by atoms with E-state index in [2.05, 4.69) is 11.0 Å². The van der Waals surface area contributed by atoms with Gasteiger partial charge in [0.15, 0.2) is 0 Å². The van der Waals surface area contributed by atoms with Crippen molar-refractivity contribution in [1.82, 2.24) is 4.98 Å². The summed E-state index contributed by atoms with van der Waals surface area (Å²) in [5.74, 6) is 0.520. The van der Waals surface area contributed by atoms with Crippen LogP contribution in [0.15, 0.2) is 48.5 Å². The highest BCUT2D eigenvalue weighted by Crippen LogP contribution is 2.33. The topological polar surface area (TPSA) is 45.6 Å². The van der Waals surface area contributed by atoms with Gasteiger partial charge >= 0.3 is 0 Å². The van der Waals surface area contributed by atoms with Crippen molar-refractivity contribution in [2.75, 3.05) is 31.2 Å². The Kier molecular flexibility index (Phi) is 4.34. The van der Waals surface area contributed by atoms with E-state index in [0.717, 1.165) is 40.9 Å². The molecule has 0 aliphatic carbocycles. The standard InChI is InChI=1S/C20H19FN2O2/c21-16-5-6-18(15(11-16)13-24)20-17-4-2-1-3-14(17)12-19(22-20)23-7-9-25-10-8-23/h1-6,11-12,24H,7-10,13H2. The lowest BCUT2D eigenvalue weighted by Crippen LogP contribution is -2.36. The summed E-state index contributed by atoms with van der Waals surface area (Å²) < 4.78 is 19.0. The molecule has 1 N–H and O–H groups in total. The first-order valence-corrected chi connectivity index (χ1v) is 8.38. The number of halogens is 1. The van der Waals surface area contributed by atoms with E-state index in [1.807, 2.05) is 24.3 Å². The van der Waals surface area contributed by atoms with E-state index < -0.39 is 0 Å². The van der Waals surface area contributed by atoms with Gasteiger partial charge in [-0.15, -0.1) is 0 Å². The molecule has 1 fully saturated rings. The molecule has 2 heterocycles. The number of hydrogen-bond donors (Lipinski definition) is 1. The van der Waals surface area contributed by atoms with E-state index in [-0.39, 0.29) is 12.4 Å². The Morgan fingerprint density at radius 1 is 1.08 bits per heavy atom. The lowest BCUT2D eigenvalue weighted by atomic mass is 9.99. The van der Waals surface area contributed by atoms with Crippen molar-refractivity contribution in [3.8, 4) is 11.3 Å². The average Bonchev–Trinajstić information content (AvgIpc) is 2.68. The maximum Gasteiger partial charge on any atom is 0.130 e. The van der Waals surface area contributed by atoms with Crippen LogP contribution in [0.1, 0.15) is 5.56 Å². The van der Waals surface area contributed by atoms with Crippen molar-refractivity contribution >= 4 is 16.6 Å². The lowest BCUT2D eigenvalue weighted by molar-refractivity contribution is 0.122. The normalized spacial score (nSPS) is 14.9. The summed E-state index contributed by atoms with van der Waals surface area (Å²) in [6.45, 7) is 2.72. The third-order valence-corrected chi connectivity index (χ3v) is 4.55. The molecule has 1 saturated heterocycles. The van der Waals surface area contributed by atoms with Gasteiger partial charge in [0.05, 0.1) is 25.5 Å². The fourth-order valence-electron chi connectivity index (χ4n) is 3.27. The number of fused-ring (bicyclic) bond motifs is 1. The van der Waals surface area contributed by atoms with Crippen LogP contribution in [0.4, 0.5) is 10.2 Å². The van der Waals surface area contributed by atoms with E-state index in [9.17, 15) is 9.50 Å². The summed E-state index contributed by atoms with van der Waals surface area (Å²) in [5, 5.41) is 11.7. The summed E-state index contributed by atoms with van der Waals surface area (Å²) in [6, 6.07) is 14.6. The molecule has 0 radical (unpaired) electrons. The Labute approximate surface area is 145 Å². The number of ether oxygens (including phenoxy) is 1. The second kappa shape index (κ2) is 6.78. The first kappa shape index (κ1) is 16.0. The fraction of sp³-hybridized carbons (Fsp3) is 0.250. The SMILES string of the molecule is OCc1cc(F)ccc1-c1nc(N2CCOCC2)cc2ccccc12. The molecule has 0 unspecified atom stereocenters. The first-order chi connectivity index (χ1) is 12.3. The molecule has 1 aliphatic rings. The largest absolute Gasteiger partial charge is 0.392 e. The van der Waals surface area contributed by atoms with E-state index in [1.165, 1.54) is 12.1 Å². The van der Waals surface area contributed by atoms with Gasteiger partial charge in [0.2, 0.25) is 0 Å². The van der Waals surface area contributed by atoms with Crippen LogP contribution in [0.3, 0.4) is 0 Å². The van der Waals surface area contributed by atoms with Crippen LogP contribution in [0, 0.1) is 5.82 Å². The first-order valence-electron chi connectivity index (χ1n) is 8.38. The molecule has 5 heteroatoms. The molecular weight excluding hydrogens is 319 g/mol. The van der Waals surface area contributed by atoms with Gasteiger partial charge in [0.25, 0.3) is 0 Å². The molecule has 25 heavy (non-hydrogen) atoms. The van der Waals surface area contributed by atoms with Gasteiger partial charge in [-0.1, -0.05) is 24.3 Å². The monoisotopic (exact) mass is 338 g/mol. The molecular formula is C20H19FN2O2. The van der Waals surface area contributed by atoms with Gasteiger partial charge in [-0.2, -0.15) is 0 Å². The van der Waals surface area contributed by atoms with Crippen LogP contribution in [0.2, 0.25) is 0 Å². The molecule has 3 aromatic rings. The highest BCUT2D eigenvalue weighted by Gasteiger charge is 2.17. The smallest absolute Gasteiger partial charge is 0.130 e. The highest BCUT2D eigenvalue weighted by molar-refractivity contribution is 5.97. The van der Waals surface area contributed by atoms with Crippen LogP contribution >= 0.6 is 0 Å². The molecule has 0 bridgehead atoms. The summed E-state index contributed by atoms with van der Waals surface area (Å²) >= 11 is 0. The minimum Gasteiger partial charge on any atom is -0.392 e. The Balaban J connectivity index is 1.92. The van der Waals surface area contributed by atoms with Crippen LogP contribution in [0.25, 0.3) is 22.0 Å². The molecule has 2 aromatic carbocycles. The lowest BCUT2D eigenvalue weighted by Gasteiger charge is -2.28. The Hall–Kier alpha value is -2.50. The molecule has 0 saturated carbocycles. The van der Waals surface area contributed by atoms with E-state index in [0.29, 0.717) is 18.8 Å². The van der Waals surface area contributed by atoms with Crippen LogP contribution in [-0.4, -0.2) is 36.4 Å². The highest BCUT2D eigenvalue weighted by atomic mass is 19.1. The third kappa shape index (κ3) is 3.08. The maximum absolute atomic E-state index is 13.6. The second-order valence-corrected chi connectivity index (χ2v) is 6.11. The molecule has 4 nitrogen and oxygen atoms in total. The summed E-state index contributed by atoms with van der Waals surface area (Å²) in [7, 11) is 0. The van der Waals surface area contributed by atoms with Crippen LogP contribution in [0.5, 0.6) is 0 Å². The predicted molar refractivity (Wildman–Crippen MR) is 96.1 cm³/mol. The maximum atomic E-state index is 13.6. The number of anilines is 1. The third-order valence-electron chi connectivity index (χ3n) is 4.55. The van der Waals surface area contributed by atoms with E-state index in [1.54, 1.807) is 6.07 Å². The van der Waals surface area contributed by atoms with Crippen molar-refractivity contribution in [3.63, 3.8) is 0 Å². The fourth-order valence-corrected chi connectivity index (χ4v) is 3.27. The van der Waals surface area contributed by atoms with Crippen LogP contribution < -0.4 is 4.90 Å². The minimum absolute atomic E-state index is 0.231. The average molecular weight is 338 g/mol. The van der Waals surface area contributed by atoms with Gasteiger partial charge in [-0.3, -0.25) is 0 Å². The number of benzene rings is 2. The van der Waals surface area contributed by atoms with Gasteiger partial charge in [-0.25, -0.2) is 9.37 Å². The molecule has 4 rings (SSSR count). The molecule has 1 aliphatic heterocycles. The quantitative estimate of drug-likeness (QED) is 0.795. The second-order valence-electron chi connectivity index (χ2n) is 6.11. The van der Waals surface area contributed by atoms with Gasteiger partial charge in [0, 0.05) is 24.0 Å². The zero-order valence-electron chi connectivity index (χ0n) is 13.8. The number of aromatic nitrogens is 1. The van der Waals surface area contributed by atoms with Crippen molar-refractivity contribution in [2.24, 2.45) is 0 Å². The Bertz CT molecular complexity index is 907. The van der Waals surface area contributed by atoms with Crippen LogP contribution in [-0.2, 0) is 11.3 Å². The van der Waals surface area contributed by atoms with Gasteiger partial charge in [-0.05, 0) is 35.2 Å². The van der Waals surface area contributed by atoms with E-state index >= 15 is 0 Å². The summed E-state index contributed by atoms with van der Waals surface area (Å²) in [5.41, 5.74) is 2.07. The van der Waals surface area contributed by atoms with E-state index in [4.69, 9.17) is 9.72 Å². The van der Waals surface area contributed by atoms with Gasteiger partial charge in [0.1, 0.15) is 11.6 Å². The molecule has 0 spiro atoms. The number of hydrogen-bond acceptors (Lipinski definition) is 4. The molecule has 1 aromatic heterocycles. The Morgan fingerprint density at radius 3 is 2.68 bits per heavy atom. The van der Waals surface area contributed by atoms with Crippen molar-refractivity contribution in [2.45, 2.75) is 6.61 Å². The molecule has 128 valence electrons. The minimum atomic E-state index is -0.360.